The Labute approximate surface area is 152 Å². The molecule has 0 saturated heterocycles. The fourth-order valence-corrected chi connectivity index (χ4v) is 2.28. The summed E-state index contributed by atoms with van der Waals surface area (Å²) in [4.78, 5) is 33.9. The van der Waals surface area contributed by atoms with Crippen LogP contribution in [0.25, 0.3) is 0 Å². The van der Waals surface area contributed by atoms with Crippen LogP contribution in [0.1, 0.15) is 28.9 Å². The van der Waals surface area contributed by atoms with Crippen LogP contribution < -0.4 is 5.32 Å². The van der Waals surface area contributed by atoms with E-state index < -0.39 is 41.0 Å². The first-order chi connectivity index (χ1) is 12.3. The highest BCUT2D eigenvalue weighted by Gasteiger charge is 2.18. The molecule has 0 fully saturated rings. The molecule has 0 unspecified atom stereocenters. The molecule has 1 amide bonds. The molecule has 0 aliphatic heterocycles. The molecule has 0 radical (unpaired) electrons. The number of nitrogens with one attached hydrogen (secondary N) is 1. The molecule has 9 heteroatoms. The van der Waals surface area contributed by atoms with E-state index in [1.165, 1.54) is 36.4 Å². The van der Waals surface area contributed by atoms with Gasteiger partial charge in [-0.05, 0) is 36.8 Å². The summed E-state index contributed by atoms with van der Waals surface area (Å²) in [7, 11) is 0. The molecule has 0 aliphatic carbocycles. The van der Waals surface area contributed by atoms with Gasteiger partial charge in [0, 0.05) is 11.6 Å². The van der Waals surface area contributed by atoms with E-state index in [1.807, 2.05) is 0 Å². The van der Waals surface area contributed by atoms with Gasteiger partial charge in [0.15, 0.2) is 0 Å². The minimum atomic E-state index is -0.711. The van der Waals surface area contributed by atoms with Gasteiger partial charge in [0.05, 0.1) is 4.92 Å². The maximum atomic E-state index is 12.9. The summed E-state index contributed by atoms with van der Waals surface area (Å²) >= 11 is 5.68. The fourth-order valence-electron chi connectivity index (χ4n) is 2.09. The number of halogens is 2. The van der Waals surface area contributed by atoms with Crippen LogP contribution in [0.3, 0.4) is 0 Å². The minimum Gasteiger partial charge on any atom is -0.456 e. The van der Waals surface area contributed by atoms with E-state index >= 15 is 0 Å². The Hall–Kier alpha value is -3.00. The molecule has 2 aromatic carbocycles. The molecule has 2 aromatic rings. The Morgan fingerprint density at radius 1 is 1.27 bits per heavy atom. The number of benzene rings is 2. The monoisotopic (exact) mass is 380 g/mol. The van der Waals surface area contributed by atoms with Crippen LogP contribution in [-0.2, 0) is 9.53 Å². The molecule has 0 heterocycles. The van der Waals surface area contributed by atoms with E-state index in [4.69, 9.17) is 16.3 Å². The number of nitro groups is 1. The van der Waals surface area contributed by atoms with E-state index in [0.29, 0.717) is 5.56 Å². The van der Waals surface area contributed by atoms with Gasteiger partial charge in [0.1, 0.15) is 23.5 Å². The minimum absolute atomic E-state index is 0.0134. The average molecular weight is 381 g/mol. The second-order valence-electron chi connectivity index (χ2n) is 5.29. The summed E-state index contributed by atoms with van der Waals surface area (Å²) in [5.74, 6) is -1.80. The molecule has 1 N–H and O–H groups in total. The lowest BCUT2D eigenvalue weighted by Gasteiger charge is -2.14. The number of ether oxygens (including phenoxy) is 1. The quantitative estimate of drug-likeness (QED) is 0.470. The highest BCUT2D eigenvalue weighted by atomic mass is 35.5. The van der Waals surface area contributed by atoms with Crippen molar-refractivity contribution in [2.45, 2.75) is 13.0 Å². The van der Waals surface area contributed by atoms with E-state index in [0.717, 1.165) is 6.07 Å². The number of amides is 1. The van der Waals surface area contributed by atoms with Crippen molar-refractivity contribution in [1.29, 1.82) is 0 Å². The van der Waals surface area contributed by atoms with Gasteiger partial charge in [0.25, 0.3) is 11.6 Å². The van der Waals surface area contributed by atoms with Crippen molar-refractivity contribution in [2.24, 2.45) is 0 Å². The second-order valence-corrected chi connectivity index (χ2v) is 5.70. The predicted octanol–water partition coefficient (Wildman–Crippen LogP) is 3.42. The van der Waals surface area contributed by atoms with Crippen molar-refractivity contribution in [1.82, 2.24) is 5.32 Å². The third kappa shape index (κ3) is 5.00. The molecule has 7 nitrogen and oxygen atoms in total. The maximum Gasteiger partial charge on any atom is 0.326 e. The van der Waals surface area contributed by atoms with Crippen LogP contribution in [0.5, 0.6) is 0 Å². The number of esters is 1. The van der Waals surface area contributed by atoms with Gasteiger partial charge in [-0.15, -0.1) is 0 Å². The molecular formula is C17H14ClFN2O5. The normalized spacial score (nSPS) is 11.5. The largest absolute Gasteiger partial charge is 0.456 e. The average Bonchev–Trinajstić information content (AvgIpc) is 2.60. The van der Waals surface area contributed by atoms with Crippen LogP contribution in [0.15, 0.2) is 42.5 Å². The predicted molar refractivity (Wildman–Crippen MR) is 91.3 cm³/mol. The molecule has 0 bridgehead atoms. The van der Waals surface area contributed by atoms with Crippen molar-refractivity contribution in [2.75, 3.05) is 6.54 Å². The number of carbonyl (C=O) groups is 2. The first kappa shape index (κ1) is 19.3. The summed E-state index contributed by atoms with van der Waals surface area (Å²) in [6.45, 7) is 1.18. The zero-order valence-corrected chi connectivity index (χ0v) is 14.3. The Morgan fingerprint density at radius 2 is 1.92 bits per heavy atom. The summed E-state index contributed by atoms with van der Waals surface area (Å²) < 4.78 is 18.0. The van der Waals surface area contributed by atoms with E-state index in [9.17, 15) is 24.1 Å². The van der Waals surface area contributed by atoms with Crippen molar-refractivity contribution >= 4 is 29.2 Å². The molecule has 1 atom stereocenters. The van der Waals surface area contributed by atoms with Crippen molar-refractivity contribution in [3.05, 3.63) is 74.5 Å². The summed E-state index contributed by atoms with van der Waals surface area (Å²) in [6.07, 6.45) is -0.628. The Balaban J connectivity index is 1.92. The first-order valence-electron chi connectivity index (χ1n) is 7.45. The van der Waals surface area contributed by atoms with Crippen molar-refractivity contribution in [3.63, 3.8) is 0 Å². The number of carbonyl (C=O) groups excluding carboxylic acids is 2. The third-order valence-corrected chi connectivity index (χ3v) is 3.77. The molecule has 0 aromatic heterocycles. The van der Waals surface area contributed by atoms with E-state index in [1.54, 1.807) is 6.92 Å². The molecule has 0 spiro atoms. The van der Waals surface area contributed by atoms with Crippen molar-refractivity contribution < 1.29 is 23.6 Å². The highest BCUT2D eigenvalue weighted by Crippen LogP contribution is 2.25. The van der Waals surface area contributed by atoms with E-state index in [2.05, 4.69) is 5.32 Å². The molecule has 0 aliphatic rings. The summed E-state index contributed by atoms with van der Waals surface area (Å²) in [6, 6.07) is 9.01. The van der Waals surface area contributed by atoms with Crippen LogP contribution in [0.2, 0.25) is 5.02 Å². The van der Waals surface area contributed by atoms with E-state index in [-0.39, 0.29) is 10.6 Å². The smallest absolute Gasteiger partial charge is 0.326 e. The van der Waals surface area contributed by atoms with Crippen LogP contribution in [0, 0.1) is 15.9 Å². The van der Waals surface area contributed by atoms with Gasteiger partial charge in [0.2, 0.25) is 0 Å². The number of nitrogens with zero attached hydrogens (tertiary/aromatic N) is 1. The summed E-state index contributed by atoms with van der Waals surface area (Å²) in [5.41, 5.74) is 0.173. The van der Waals surface area contributed by atoms with Crippen LogP contribution in [0.4, 0.5) is 10.1 Å². The van der Waals surface area contributed by atoms with Gasteiger partial charge in [-0.2, -0.15) is 0 Å². The third-order valence-electron chi connectivity index (χ3n) is 3.45. The van der Waals surface area contributed by atoms with Gasteiger partial charge in [-0.25, -0.2) is 4.39 Å². The standard InChI is InChI=1S/C17H14ClFN2O5/c1-10(11-2-5-13(19)6-3-11)26-16(22)9-20-17(23)12-4-7-14(18)15(8-12)21(24)25/h2-8,10H,9H2,1H3,(H,20,23)/t10-/m0/s1. The van der Waals surface area contributed by atoms with Gasteiger partial charge >= 0.3 is 5.97 Å². The lowest BCUT2D eigenvalue weighted by atomic mass is 10.1. The number of rotatable bonds is 6. The molecule has 2 rings (SSSR count). The Morgan fingerprint density at radius 3 is 2.54 bits per heavy atom. The molecule has 0 saturated carbocycles. The van der Waals surface area contributed by atoms with Crippen LogP contribution in [-0.4, -0.2) is 23.3 Å². The molecular weight excluding hydrogens is 367 g/mol. The number of hydrogen-bond donors (Lipinski definition) is 1. The first-order valence-corrected chi connectivity index (χ1v) is 7.83. The Bertz CT molecular complexity index is 842. The van der Waals surface area contributed by atoms with Crippen LogP contribution >= 0.6 is 11.6 Å². The lowest BCUT2D eigenvalue weighted by molar-refractivity contribution is -0.384. The van der Waals surface area contributed by atoms with Crippen molar-refractivity contribution in [3.8, 4) is 0 Å². The van der Waals surface area contributed by atoms with Gasteiger partial charge < -0.3 is 10.1 Å². The Kier molecular flexibility index (Phi) is 6.24. The fraction of sp³-hybridized carbons (Fsp3) is 0.176. The maximum absolute atomic E-state index is 12.9. The zero-order chi connectivity index (χ0) is 19.3. The van der Waals surface area contributed by atoms with Gasteiger partial charge in [-0.1, -0.05) is 23.7 Å². The summed E-state index contributed by atoms with van der Waals surface area (Å²) in [5, 5.41) is 13.0. The molecule has 136 valence electrons. The number of hydrogen-bond acceptors (Lipinski definition) is 5. The van der Waals surface area contributed by atoms with Gasteiger partial charge in [-0.3, -0.25) is 19.7 Å². The highest BCUT2D eigenvalue weighted by molar-refractivity contribution is 6.32. The SMILES string of the molecule is C[C@H](OC(=O)CNC(=O)c1ccc(Cl)c([N+](=O)[O-])c1)c1ccc(F)cc1. The topological polar surface area (TPSA) is 98.5 Å². The molecule has 26 heavy (non-hydrogen) atoms. The second kappa shape index (κ2) is 8.39. The lowest BCUT2D eigenvalue weighted by Crippen LogP contribution is -2.31. The number of nitro benzene ring substituents is 1. The zero-order valence-electron chi connectivity index (χ0n) is 13.6.